The van der Waals surface area contributed by atoms with Crippen LogP contribution in [0.25, 0.3) is 0 Å². The maximum atomic E-state index is 10.1. The maximum Gasteiger partial charge on any atom is 0.235 e. The molecule has 0 aliphatic carbocycles. The number of thioether (sulfide) groups is 1. The highest BCUT2D eigenvalue weighted by atomic mass is 32.2. The van der Waals surface area contributed by atoms with Crippen LogP contribution in [0.2, 0.25) is 0 Å². The highest BCUT2D eigenvalue weighted by Crippen LogP contribution is 2.31. The van der Waals surface area contributed by atoms with E-state index in [1.54, 1.807) is 7.11 Å². The molecule has 0 radical (unpaired) electrons. The van der Waals surface area contributed by atoms with Crippen molar-refractivity contribution in [2.45, 2.75) is 25.5 Å². The van der Waals surface area contributed by atoms with Crippen molar-refractivity contribution in [3.05, 3.63) is 23.8 Å². The maximum absolute atomic E-state index is 10.1. The van der Waals surface area contributed by atoms with Crippen LogP contribution in [0.15, 0.2) is 23.2 Å². The molecule has 0 bridgehead atoms. The molecular weight excluding hydrogens is 262 g/mol. The first-order valence-corrected chi connectivity index (χ1v) is 7.44. The van der Waals surface area contributed by atoms with Gasteiger partial charge in [0, 0.05) is 5.75 Å². The highest BCUT2D eigenvalue weighted by Gasteiger charge is 2.17. The Morgan fingerprint density at radius 3 is 3.05 bits per heavy atom. The fourth-order valence-electron chi connectivity index (χ4n) is 2.01. The summed E-state index contributed by atoms with van der Waals surface area (Å²) in [5, 5.41) is 0. The Bertz CT molecular complexity index is 466. The Kier molecular flexibility index (Phi) is 5.31. The van der Waals surface area contributed by atoms with E-state index < -0.39 is 0 Å². The molecule has 102 valence electrons. The Morgan fingerprint density at radius 2 is 2.37 bits per heavy atom. The van der Waals surface area contributed by atoms with Crippen molar-refractivity contribution in [3.63, 3.8) is 0 Å². The molecule has 0 saturated carbocycles. The zero-order valence-electron chi connectivity index (χ0n) is 10.9. The van der Waals surface area contributed by atoms with Crippen LogP contribution in [0.5, 0.6) is 11.5 Å². The third-order valence-corrected chi connectivity index (χ3v) is 4.15. The van der Waals surface area contributed by atoms with Crippen molar-refractivity contribution >= 4 is 17.8 Å². The van der Waals surface area contributed by atoms with Gasteiger partial charge in [-0.2, -0.15) is 11.8 Å². The van der Waals surface area contributed by atoms with Gasteiger partial charge in [-0.3, -0.25) is 0 Å². The van der Waals surface area contributed by atoms with Crippen LogP contribution in [-0.2, 0) is 11.3 Å². The Labute approximate surface area is 117 Å². The average Bonchev–Trinajstić information content (AvgIpc) is 2.47. The third kappa shape index (κ3) is 4.01. The lowest BCUT2D eigenvalue weighted by Gasteiger charge is -2.23. The van der Waals surface area contributed by atoms with Crippen molar-refractivity contribution in [2.75, 3.05) is 18.6 Å². The Hall–Kier alpha value is -1.45. The molecule has 1 fully saturated rings. The summed E-state index contributed by atoms with van der Waals surface area (Å²) in [4.78, 5) is 13.7. The average molecular weight is 279 g/mol. The molecule has 0 aromatic heterocycles. The van der Waals surface area contributed by atoms with Crippen molar-refractivity contribution in [1.82, 2.24) is 0 Å². The number of carbonyl (C=O) groups excluding carboxylic acids is 1. The van der Waals surface area contributed by atoms with E-state index in [2.05, 4.69) is 4.99 Å². The van der Waals surface area contributed by atoms with Gasteiger partial charge in [0.05, 0.1) is 13.7 Å². The summed E-state index contributed by atoms with van der Waals surface area (Å²) in [7, 11) is 1.62. The summed E-state index contributed by atoms with van der Waals surface area (Å²) in [6, 6.07) is 5.63. The molecule has 1 unspecified atom stereocenters. The van der Waals surface area contributed by atoms with Gasteiger partial charge in [-0.1, -0.05) is 6.07 Å². The predicted octanol–water partition coefficient (Wildman–Crippen LogP) is 2.81. The normalized spacial score (nSPS) is 18.5. The van der Waals surface area contributed by atoms with Crippen molar-refractivity contribution in [1.29, 1.82) is 0 Å². The van der Waals surface area contributed by atoms with Crippen molar-refractivity contribution < 1.29 is 14.3 Å². The standard InChI is InChI=1S/C14H17NO3S/c1-17-14-7-11(8-15-10-16)4-5-13(14)18-12-3-2-6-19-9-12/h4-5,7,12H,2-3,6,8-9H2,1H3. The molecule has 4 nitrogen and oxygen atoms in total. The predicted molar refractivity (Wildman–Crippen MR) is 75.8 cm³/mol. The van der Waals surface area contributed by atoms with Crippen molar-refractivity contribution in [3.8, 4) is 11.5 Å². The van der Waals surface area contributed by atoms with E-state index in [4.69, 9.17) is 9.47 Å². The van der Waals surface area contributed by atoms with E-state index in [0.29, 0.717) is 12.3 Å². The van der Waals surface area contributed by atoms with Crippen LogP contribution in [0.3, 0.4) is 0 Å². The van der Waals surface area contributed by atoms with E-state index >= 15 is 0 Å². The molecule has 0 amide bonds. The minimum Gasteiger partial charge on any atom is -0.493 e. The summed E-state index contributed by atoms with van der Waals surface area (Å²) in [6.07, 6.45) is 4.08. The number of aliphatic imine (C=N–C) groups is 1. The van der Waals surface area contributed by atoms with E-state index in [-0.39, 0.29) is 6.10 Å². The summed E-state index contributed by atoms with van der Waals surface area (Å²) in [5.74, 6) is 3.70. The number of benzene rings is 1. The van der Waals surface area contributed by atoms with Crippen LogP contribution in [-0.4, -0.2) is 30.8 Å². The van der Waals surface area contributed by atoms with E-state index in [1.807, 2.05) is 30.0 Å². The van der Waals surface area contributed by atoms with E-state index in [1.165, 1.54) is 18.3 Å². The van der Waals surface area contributed by atoms with Crippen molar-refractivity contribution in [2.24, 2.45) is 4.99 Å². The fourth-order valence-corrected chi connectivity index (χ4v) is 3.05. The molecule has 1 aromatic rings. The second kappa shape index (κ2) is 7.22. The number of hydrogen-bond donors (Lipinski definition) is 0. The van der Waals surface area contributed by atoms with Crippen LogP contribution in [0.1, 0.15) is 18.4 Å². The van der Waals surface area contributed by atoms with Crippen LogP contribution in [0.4, 0.5) is 0 Å². The number of nitrogens with zero attached hydrogens (tertiary/aromatic N) is 1. The molecule has 1 aliphatic rings. The lowest BCUT2D eigenvalue weighted by atomic mass is 10.2. The molecule has 1 atom stereocenters. The zero-order chi connectivity index (χ0) is 13.5. The largest absolute Gasteiger partial charge is 0.493 e. The van der Waals surface area contributed by atoms with Crippen LogP contribution >= 0.6 is 11.8 Å². The molecule has 19 heavy (non-hydrogen) atoms. The van der Waals surface area contributed by atoms with Gasteiger partial charge < -0.3 is 9.47 Å². The number of ether oxygens (including phenoxy) is 2. The second-order valence-electron chi connectivity index (χ2n) is 4.35. The van der Waals surface area contributed by atoms with E-state index in [0.717, 1.165) is 23.5 Å². The van der Waals surface area contributed by atoms with Crippen LogP contribution < -0.4 is 9.47 Å². The molecule has 5 heteroatoms. The summed E-state index contributed by atoms with van der Waals surface area (Å²) >= 11 is 1.93. The van der Waals surface area contributed by atoms with Gasteiger partial charge in [-0.15, -0.1) is 0 Å². The first-order valence-electron chi connectivity index (χ1n) is 6.28. The molecule has 1 heterocycles. The molecule has 0 N–H and O–H groups in total. The molecule has 1 aliphatic heterocycles. The Balaban J connectivity index is 2.08. The first-order chi connectivity index (χ1) is 9.33. The first kappa shape index (κ1) is 14.0. The quantitative estimate of drug-likeness (QED) is 0.614. The number of isocyanates is 1. The monoisotopic (exact) mass is 279 g/mol. The van der Waals surface area contributed by atoms with Gasteiger partial charge in [0.2, 0.25) is 6.08 Å². The van der Waals surface area contributed by atoms with Gasteiger partial charge >= 0.3 is 0 Å². The van der Waals surface area contributed by atoms with Gasteiger partial charge in [0.1, 0.15) is 6.10 Å². The van der Waals surface area contributed by atoms with Crippen LogP contribution in [0, 0.1) is 0 Å². The molecule has 2 rings (SSSR count). The number of hydrogen-bond acceptors (Lipinski definition) is 5. The smallest absolute Gasteiger partial charge is 0.235 e. The molecular formula is C14H17NO3S. The minimum absolute atomic E-state index is 0.256. The van der Waals surface area contributed by atoms with Gasteiger partial charge in [-0.05, 0) is 36.3 Å². The lowest BCUT2D eigenvalue weighted by Crippen LogP contribution is -2.23. The van der Waals surface area contributed by atoms with Gasteiger partial charge in [0.15, 0.2) is 11.5 Å². The fraction of sp³-hybridized carbons (Fsp3) is 0.500. The zero-order valence-corrected chi connectivity index (χ0v) is 11.7. The second-order valence-corrected chi connectivity index (χ2v) is 5.50. The highest BCUT2D eigenvalue weighted by molar-refractivity contribution is 7.99. The summed E-state index contributed by atoms with van der Waals surface area (Å²) in [5.41, 5.74) is 0.908. The minimum atomic E-state index is 0.256. The topological polar surface area (TPSA) is 47.9 Å². The third-order valence-electron chi connectivity index (χ3n) is 2.97. The van der Waals surface area contributed by atoms with Gasteiger partial charge in [0.25, 0.3) is 0 Å². The number of methoxy groups -OCH3 is 1. The molecule has 1 saturated heterocycles. The molecule has 1 aromatic carbocycles. The lowest BCUT2D eigenvalue weighted by molar-refractivity contribution is 0.202. The number of rotatable bonds is 5. The van der Waals surface area contributed by atoms with E-state index in [9.17, 15) is 4.79 Å². The SMILES string of the molecule is COc1cc(CN=C=O)ccc1OC1CCCSC1. The van der Waals surface area contributed by atoms with Gasteiger partial charge in [-0.25, -0.2) is 9.79 Å². The summed E-state index contributed by atoms with van der Waals surface area (Å²) < 4.78 is 11.3. The summed E-state index contributed by atoms with van der Waals surface area (Å²) in [6.45, 7) is 0.319. The molecule has 0 spiro atoms. The Morgan fingerprint density at radius 1 is 1.47 bits per heavy atom.